The molecule has 3 heterocycles. The first kappa shape index (κ1) is 23.1. The molecule has 7 nitrogen and oxygen atoms in total. The van der Waals surface area contributed by atoms with E-state index in [2.05, 4.69) is 58.1 Å². The number of rotatable bonds is 7. The molecule has 0 aromatic carbocycles. The Morgan fingerprint density at radius 2 is 2.21 bits per heavy atom. The molecule has 0 saturated heterocycles. The first-order chi connectivity index (χ1) is 13.1. The molecule has 0 aliphatic carbocycles. The van der Waals surface area contributed by atoms with Gasteiger partial charge in [0.15, 0.2) is 11.8 Å². The van der Waals surface area contributed by atoms with Crippen LogP contribution in [0.2, 0.25) is 0 Å². The van der Waals surface area contributed by atoms with E-state index in [1.165, 1.54) is 4.88 Å². The maximum Gasteiger partial charge on any atom is 0.191 e. The van der Waals surface area contributed by atoms with E-state index in [0.29, 0.717) is 12.0 Å². The summed E-state index contributed by atoms with van der Waals surface area (Å²) in [6, 6.07) is 0.323. The summed E-state index contributed by atoms with van der Waals surface area (Å²) in [7, 11) is 0. The van der Waals surface area contributed by atoms with Crippen molar-refractivity contribution in [2.24, 2.45) is 4.99 Å². The summed E-state index contributed by atoms with van der Waals surface area (Å²) in [6.07, 6.45) is 5.92. The van der Waals surface area contributed by atoms with Gasteiger partial charge in [-0.25, -0.2) is 14.6 Å². The van der Waals surface area contributed by atoms with Gasteiger partial charge in [-0.05, 0) is 19.8 Å². The Morgan fingerprint density at radius 1 is 1.39 bits per heavy atom. The van der Waals surface area contributed by atoms with Gasteiger partial charge >= 0.3 is 0 Å². The summed E-state index contributed by atoms with van der Waals surface area (Å²) >= 11 is 1.79. The summed E-state index contributed by atoms with van der Waals surface area (Å²) in [6.45, 7) is 11.0. The van der Waals surface area contributed by atoms with Crippen molar-refractivity contribution in [1.82, 2.24) is 30.4 Å². The largest absolute Gasteiger partial charge is 0.357 e. The van der Waals surface area contributed by atoms with Crippen molar-refractivity contribution < 1.29 is 0 Å². The van der Waals surface area contributed by atoms with Crippen LogP contribution in [0.3, 0.4) is 0 Å². The molecule has 1 aliphatic heterocycles. The van der Waals surface area contributed by atoms with Crippen LogP contribution in [0.4, 0.5) is 0 Å². The van der Waals surface area contributed by atoms with Crippen molar-refractivity contribution in [2.45, 2.75) is 71.9 Å². The third-order valence-electron chi connectivity index (χ3n) is 4.62. The highest BCUT2D eigenvalue weighted by Crippen LogP contribution is 2.17. The third-order valence-corrected chi connectivity index (χ3v) is 5.82. The predicted octanol–water partition coefficient (Wildman–Crippen LogP) is 3.15. The van der Waals surface area contributed by atoms with Crippen LogP contribution in [0.5, 0.6) is 0 Å². The van der Waals surface area contributed by atoms with Gasteiger partial charge in [-0.3, -0.25) is 4.99 Å². The quantitative estimate of drug-likeness (QED) is 0.335. The van der Waals surface area contributed by atoms with Gasteiger partial charge in [0.25, 0.3) is 0 Å². The molecule has 9 heteroatoms. The number of nitrogens with zero attached hydrogens (tertiary/aromatic N) is 5. The molecular weight excluding hydrogens is 485 g/mol. The minimum Gasteiger partial charge on any atom is -0.357 e. The fourth-order valence-corrected chi connectivity index (χ4v) is 3.95. The van der Waals surface area contributed by atoms with E-state index in [-0.39, 0.29) is 24.0 Å². The number of aromatic nitrogens is 4. The molecule has 156 valence electrons. The lowest BCUT2D eigenvalue weighted by Crippen LogP contribution is -2.47. The predicted molar refractivity (Wildman–Crippen MR) is 126 cm³/mol. The second-order valence-corrected chi connectivity index (χ2v) is 8.39. The minimum atomic E-state index is 0. The fourth-order valence-electron chi connectivity index (χ4n) is 3.09. The van der Waals surface area contributed by atoms with E-state index in [0.717, 1.165) is 67.9 Å². The molecule has 0 amide bonds. The zero-order valence-electron chi connectivity index (χ0n) is 17.2. The number of nitrogens with one attached hydrogen (secondary N) is 2. The van der Waals surface area contributed by atoms with Gasteiger partial charge in [-0.15, -0.1) is 35.3 Å². The lowest BCUT2D eigenvalue weighted by molar-refractivity contribution is 0.391. The minimum absolute atomic E-state index is 0. The normalized spacial score (nSPS) is 16.6. The maximum absolute atomic E-state index is 4.74. The van der Waals surface area contributed by atoms with E-state index < -0.39 is 0 Å². The summed E-state index contributed by atoms with van der Waals surface area (Å²) < 4.78 is 2.06. The lowest BCUT2D eigenvalue weighted by Gasteiger charge is -2.25. The highest BCUT2D eigenvalue weighted by molar-refractivity contribution is 14.0. The molecule has 3 rings (SSSR count). The molecular formula is C19H32IN7S. The molecule has 0 fully saturated rings. The van der Waals surface area contributed by atoms with E-state index >= 15 is 0 Å². The highest BCUT2D eigenvalue weighted by atomic mass is 127. The molecule has 28 heavy (non-hydrogen) atoms. The number of fused-ring (bicyclic) bond motifs is 1. The number of aliphatic imine (C=N–C) groups is 1. The zero-order chi connectivity index (χ0) is 19.2. The Labute approximate surface area is 188 Å². The standard InChI is InChI=1S/C19H31N7S.HI/c1-5-15-11-22-17(27-15)9-10-21-19(20-6-2)23-14-7-8-16-24-18(13(3)4)25-26(16)12-14;/h11,13-14H,5-10,12H2,1-4H3,(H2,20,21,23);1H. The van der Waals surface area contributed by atoms with Crippen molar-refractivity contribution >= 4 is 41.3 Å². The van der Waals surface area contributed by atoms with Crippen molar-refractivity contribution in [1.29, 1.82) is 0 Å². The maximum atomic E-state index is 4.74. The Balaban J connectivity index is 0.00000280. The van der Waals surface area contributed by atoms with Gasteiger partial charge < -0.3 is 10.6 Å². The molecule has 1 atom stereocenters. The SMILES string of the molecule is CCNC(=NCCc1ncc(CC)s1)NC1CCc2nc(C(C)C)nn2C1.I. The molecule has 0 spiro atoms. The number of aryl methyl sites for hydroxylation is 2. The highest BCUT2D eigenvalue weighted by Gasteiger charge is 2.23. The molecule has 2 aromatic heterocycles. The molecule has 2 N–H and O–H groups in total. The summed E-state index contributed by atoms with van der Waals surface area (Å²) in [5, 5.41) is 12.8. The Hall–Kier alpha value is -1.23. The summed E-state index contributed by atoms with van der Waals surface area (Å²) in [5.74, 6) is 3.30. The van der Waals surface area contributed by atoms with Crippen LogP contribution in [-0.2, 0) is 25.8 Å². The summed E-state index contributed by atoms with van der Waals surface area (Å²) in [5.41, 5.74) is 0. The summed E-state index contributed by atoms with van der Waals surface area (Å²) in [4.78, 5) is 15.2. The Morgan fingerprint density at radius 3 is 2.89 bits per heavy atom. The van der Waals surface area contributed by atoms with Crippen LogP contribution in [0.15, 0.2) is 11.2 Å². The van der Waals surface area contributed by atoms with Gasteiger partial charge in [0, 0.05) is 49.0 Å². The molecule has 1 aliphatic rings. The van der Waals surface area contributed by atoms with E-state index in [4.69, 9.17) is 4.99 Å². The van der Waals surface area contributed by atoms with Crippen LogP contribution in [0, 0.1) is 0 Å². The van der Waals surface area contributed by atoms with Crippen LogP contribution in [0.1, 0.15) is 61.6 Å². The Bertz CT molecular complexity index is 768. The topological polar surface area (TPSA) is 80.0 Å². The molecule has 0 radical (unpaired) electrons. The Kier molecular flexibility index (Phi) is 9.13. The lowest BCUT2D eigenvalue weighted by atomic mass is 10.1. The van der Waals surface area contributed by atoms with E-state index in [1.807, 2.05) is 6.20 Å². The molecule has 0 bridgehead atoms. The number of hydrogen-bond acceptors (Lipinski definition) is 5. The van der Waals surface area contributed by atoms with E-state index in [1.54, 1.807) is 11.3 Å². The van der Waals surface area contributed by atoms with Crippen molar-refractivity contribution in [2.75, 3.05) is 13.1 Å². The number of thiazole rings is 1. The van der Waals surface area contributed by atoms with Crippen molar-refractivity contribution in [3.05, 3.63) is 27.7 Å². The van der Waals surface area contributed by atoms with Crippen LogP contribution >= 0.6 is 35.3 Å². The van der Waals surface area contributed by atoms with Gasteiger partial charge in [0.1, 0.15) is 5.82 Å². The fraction of sp³-hybridized carbons (Fsp3) is 0.684. The first-order valence-corrected chi connectivity index (χ1v) is 10.8. The van der Waals surface area contributed by atoms with Crippen molar-refractivity contribution in [3.8, 4) is 0 Å². The molecule has 1 unspecified atom stereocenters. The number of guanidine groups is 1. The van der Waals surface area contributed by atoms with E-state index in [9.17, 15) is 0 Å². The van der Waals surface area contributed by atoms with Crippen LogP contribution in [-0.4, -0.2) is 44.8 Å². The van der Waals surface area contributed by atoms with Gasteiger partial charge in [0.2, 0.25) is 0 Å². The zero-order valence-corrected chi connectivity index (χ0v) is 20.4. The van der Waals surface area contributed by atoms with Crippen LogP contribution < -0.4 is 10.6 Å². The molecule has 2 aromatic rings. The monoisotopic (exact) mass is 517 g/mol. The first-order valence-electron chi connectivity index (χ1n) is 10.0. The average molecular weight is 517 g/mol. The van der Waals surface area contributed by atoms with Gasteiger partial charge in [-0.1, -0.05) is 20.8 Å². The third kappa shape index (κ3) is 6.13. The van der Waals surface area contributed by atoms with Crippen LogP contribution in [0.25, 0.3) is 0 Å². The second-order valence-electron chi connectivity index (χ2n) is 7.19. The second kappa shape index (κ2) is 11.1. The average Bonchev–Trinajstić information content (AvgIpc) is 3.28. The molecule has 0 saturated carbocycles. The van der Waals surface area contributed by atoms with Gasteiger partial charge in [-0.2, -0.15) is 5.10 Å². The number of hydrogen-bond donors (Lipinski definition) is 2. The van der Waals surface area contributed by atoms with Crippen molar-refractivity contribution in [3.63, 3.8) is 0 Å². The number of halogens is 1. The smallest absolute Gasteiger partial charge is 0.191 e. The van der Waals surface area contributed by atoms with Gasteiger partial charge in [0.05, 0.1) is 11.6 Å².